The van der Waals surface area contributed by atoms with Crippen LogP contribution in [0.1, 0.15) is 59.2 Å². The third-order valence-electron chi connectivity index (χ3n) is 8.06. The van der Waals surface area contributed by atoms with E-state index in [2.05, 4.69) is 0 Å². The Morgan fingerprint density at radius 3 is 1.61 bits per heavy atom. The number of benzene rings is 2. The van der Waals surface area contributed by atoms with Gasteiger partial charge in [0, 0.05) is 39.0 Å². The molecule has 7 rings (SSSR count). The fourth-order valence-electron chi connectivity index (χ4n) is 7.46. The number of aliphatic hydroxyl groups excluding tert-OH is 1. The van der Waals surface area contributed by atoms with Crippen molar-refractivity contribution in [3.63, 3.8) is 0 Å². The quantitative estimate of drug-likeness (QED) is 0.324. The van der Waals surface area contributed by atoms with E-state index in [0.717, 1.165) is 30.0 Å². The molecule has 1 atom stereocenters. The smallest absolute Gasteiger partial charge is 0.262 e. The van der Waals surface area contributed by atoms with Crippen LogP contribution in [0, 0.1) is 23.2 Å². The zero-order chi connectivity index (χ0) is 19.9. The second-order valence-corrected chi connectivity index (χ2v) is 9.86. The Morgan fingerprint density at radius 2 is 1.23 bits per heavy atom. The molecule has 1 heterocycles. The van der Waals surface area contributed by atoms with Crippen LogP contribution in [-0.2, 0) is 39.0 Å². The van der Waals surface area contributed by atoms with Crippen molar-refractivity contribution in [2.75, 3.05) is 0 Å². The third kappa shape index (κ3) is 3.39. The summed E-state index contributed by atoms with van der Waals surface area (Å²) in [6, 6.07) is 10.3. The van der Waals surface area contributed by atoms with Gasteiger partial charge in [-0.2, -0.15) is 0 Å². The van der Waals surface area contributed by atoms with Gasteiger partial charge in [-0.3, -0.25) is 14.5 Å². The number of aliphatic hydroxyl groups is 2. The second kappa shape index (κ2) is 8.10. The summed E-state index contributed by atoms with van der Waals surface area (Å²) < 4.78 is 0. The third-order valence-corrected chi connectivity index (χ3v) is 8.06. The van der Waals surface area contributed by atoms with Crippen molar-refractivity contribution in [2.24, 2.45) is 23.2 Å². The maximum Gasteiger partial charge on any atom is 0.262 e. The van der Waals surface area contributed by atoms with Crippen LogP contribution >= 0.6 is 0 Å². The largest absolute Gasteiger partial charge is 0.366 e. The molecule has 5 nitrogen and oxygen atoms in total. The van der Waals surface area contributed by atoms with E-state index in [1.807, 2.05) is 24.3 Å². The number of hydrogen-bond acceptors (Lipinski definition) is 4. The molecule has 4 saturated carbocycles. The topological polar surface area (TPSA) is 77.8 Å². The van der Waals surface area contributed by atoms with Crippen molar-refractivity contribution in [2.45, 2.75) is 50.9 Å². The van der Waals surface area contributed by atoms with Gasteiger partial charge in [0.05, 0.1) is 17.2 Å². The number of carbonyl (C=O) groups excluding carboxylic acids is 2. The summed E-state index contributed by atoms with van der Waals surface area (Å²) in [7, 11) is 0. The van der Waals surface area contributed by atoms with Crippen LogP contribution in [-0.4, -0.2) is 39.3 Å². The first-order chi connectivity index (χ1) is 13.9. The molecule has 2 aromatic carbocycles. The van der Waals surface area contributed by atoms with Gasteiger partial charge in [0.2, 0.25) is 0 Å². The van der Waals surface area contributed by atoms with Crippen molar-refractivity contribution in [1.82, 2.24) is 4.90 Å². The first-order valence-electron chi connectivity index (χ1n) is 10.7. The standard InChI is InChI=1S/C24H25NO4.2Rh/c26-21-18-8-16-3-1-2-4-17(16)9-19(18)22(27)25(21)20(23(28)29)24-10-13-5-14(11-24)7-15(6-13)12-24;;/h1-4,8-9,13-15,20,23,28-29H,5-7,10-12H2;;/t13?,14?,15?,20-,24?;;/m0../s1. The fourth-order valence-corrected chi connectivity index (χ4v) is 7.46. The molecule has 0 saturated heterocycles. The van der Waals surface area contributed by atoms with Crippen LogP contribution in [0.4, 0.5) is 0 Å². The molecule has 1 aliphatic heterocycles. The molecule has 4 fully saturated rings. The first kappa shape index (κ1) is 23.2. The van der Waals surface area contributed by atoms with Crippen LogP contribution in [0.25, 0.3) is 10.8 Å². The molecule has 5 aliphatic rings. The van der Waals surface area contributed by atoms with Gasteiger partial charge in [-0.15, -0.1) is 0 Å². The van der Waals surface area contributed by atoms with E-state index in [0.29, 0.717) is 28.9 Å². The minimum atomic E-state index is -1.72. The van der Waals surface area contributed by atoms with Crippen LogP contribution in [0.5, 0.6) is 0 Å². The maximum absolute atomic E-state index is 13.4. The summed E-state index contributed by atoms with van der Waals surface area (Å²) in [5.74, 6) is 0.981. The summed E-state index contributed by atoms with van der Waals surface area (Å²) in [6.45, 7) is 0. The number of nitrogens with zero attached hydrogens (tertiary/aromatic N) is 1. The molecule has 31 heavy (non-hydrogen) atoms. The van der Waals surface area contributed by atoms with Gasteiger partial charge in [-0.25, -0.2) is 0 Å². The molecule has 2 aromatic rings. The molecule has 4 aliphatic carbocycles. The first-order valence-corrected chi connectivity index (χ1v) is 10.7. The second-order valence-electron chi connectivity index (χ2n) is 9.86. The van der Waals surface area contributed by atoms with Gasteiger partial charge < -0.3 is 10.2 Å². The van der Waals surface area contributed by atoms with Crippen molar-refractivity contribution in [1.29, 1.82) is 0 Å². The average molecular weight is 597 g/mol. The molecule has 7 heteroatoms. The van der Waals surface area contributed by atoms with E-state index in [1.54, 1.807) is 12.1 Å². The predicted molar refractivity (Wildman–Crippen MR) is 107 cm³/mol. The van der Waals surface area contributed by atoms with Crippen LogP contribution in [0.3, 0.4) is 0 Å². The molecule has 2 radical (unpaired) electrons. The van der Waals surface area contributed by atoms with E-state index in [-0.39, 0.29) is 56.2 Å². The Labute approximate surface area is 207 Å². The van der Waals surface area contributed by atoms with Gasteiger partial charge in [-0.05, 0) is 84.6 Å². The Bertz CT molecular complexity index is 963. The van der Waals surface area contributed by atoms with E-state index >= 15 is 0 Å². The average Bonchev–Trinajstić information content (AvgIpc) is 2.90. The zero-order valence-electron chi connectivity index (χ0n) is 16.9. The van der Waals surface area contributed by atoms with Gasteiger partial charge in [0.15, 0.2) is 6.29 Å². The molecule has 0 aromatic heterocycles. The van der Waals surface area contributed by atoms with E-state index in [9.17, 15) is 19.8 Å². The number of rotatable bonds is 3. The normalized spacial score (nSPS) is 31.6. The number of imide groups is 1. The van der Waals surface area contributed by atoms with Crippen LogP contribution < -0.4 is 0 Å². The van der Waals surface area contributed by atoms with Crippen LogP contribution in [0.15, 0.2) is 36.4 Å². The Morgan fingerprint density at radius 1 is 0.806 bits per heavy atom. The molecule has 0 spiro atoms. The van der Waals surface area contributed by atoms with E-state index < -0.39 is 12.3 Å². The summed E-state index contributed by atoms with van der Waals surface area (Å²) in [4.78, 5) is 27.9. The monoisotopic (exact) mass is 597 g/mol. The minimum absolute atomic E-state index is 0. The molecule has 2 N–H and O–H groups in total. The molecule has 2 amide bonds. The Balaban J connectivity index is 0.00000116. The summed E-state index contributed by atoms with van der Waals surface area (Å²) in [5.41, 5.74) is 0.392. The van der Waals surface area contributed by atoms with Crippen molar-refractivity contribution in [3.05, 3.63) is 47.5 Å². The van der Waals surface area contributed by atoms with E-state index in [1.165, 1.54) is 24.2 Å². The Hall–Kier alpha value is -0.993. The molecule has 4 bridgehead atoms. The number of fused-ring (bicyclic) bond motifs is 2. The number of carbonyl (C=O) groups is 2. The van der Waals surface area contributed by atoms with Gasteiger partial charge >= 0.3 is 0 Å². The molecule has 168 valence electrons. The van der Waals surface area contributed by atoms with Crippen molar-refractivity contribution >= 4 is 22.6 Å². The van der Waals surface area contributed by atoms with Crippen molar-refractivity contribution in [3.8, 4) is 0 Å². The molecular weight excluding hydrogens is 572 g/mol. The van der Waals surface area contributed by atoms with Gasteiger partial charge in [0.25, 0.3) is 11.8 Å². The zero-order valence-corrected chi connectivity index (χ0v) is 20.2. The van der Waals surface area contributed by atoms with Crippen LogP contribution in [0.2, 0.25) is 0 Å². The van der Waals surface area contributed by atoms with E-state index in [4.69, 9.17) is 0 Å². The summed E-state index contributed by atoms with van der Waals surface area (Å²) in [5, 5.41) is 22.7. The minimum Gasteiger partial charge on any atom is -0.366 e. The summed E-state index contributed by atoms with van der Waals surface area (Å²) >= 11 is 0. The van der Waals surface area contributed by atoms with Crippen molar-refractivity contribution < 1.29 is 58.8 Å². The number of amides is 2. The molecule has 0 unspecified atom stereocenters. The van der Waals surface area contributed by atoms with Gasteiger partial charge in [-0.1, -0.05) is 24.3 Å². The fraction of sp³-hybridized carbons (Fsp3) is 0.500. The Kier molecular flexibility index (Phi) is 6.05. The predicted octanol–water partition coefficient (Wildman–Crippen LogP) is 3.33. The number of hydrogen-bond donors (Lipinski definition) is 2. The summed E-state index contributed by atoms with van der Waals surface area (Å²) in [6.07, 6.45) is 4.57. The van der Waals surface area contributed by atoms with Gasteiger partial charge in [0.1, 0.15) is 0 Å². The SMILES string of the molecule is O=C1c2cc3ccccc3cc2C(=O)N1[C@@H](C(O)O)C12CC3CC(CC(C3)C1)C2.[Rh].[Rh]. The maximum atomic E-state index is 13.4. The molecular formula is C24H25NO4Rh2.